The van der Waals surface area contributed by atoms with E-state index in [0.717, 1.165) is 17.2 Å². The van der Waals surface area contributed by atoms with E-state index in [1.807, 2.05) is 0 Å². The molecular formula is C13H24OSi. The molecule has 15 heavy (non-hydrogen) atoms. The Morgan fingerprint density at radius 2 is 1.73 bits per heavy atom. The van der Waals surface area contributed by atoms with Gasteiger partial charge in [-0.3, -0.25) is 0 Å². The molecule has 2 fully saturated rings. The lowest BCUT2D eigenvalue weighted by Crippen LogP contribution is -2.50. The summed E-state index contributed by atoms with van der Waals surface area (Å²) in [6, 6.07) is 0. The van der Waals surface area contributed by atoms with Crippen LogP contribution in [0.1, 0.15) is 32.1 Å². The van der Waals surface area contributed by atoms with Crippen LogP contribution < -0.4 is 0 Å². The number of ether oxygens (including phenoxy) is 1. The molecule has 0 radical (unpaired) electrons. The summed E-state index contributed by atoms with van der Waals surface area (Å²) in [7, 11) is -1.11. The molecule has 86 valence electrons. The summed E-state index contributed by atoms with van der Waals surface area (Å²) in [4.78, 5) is 0. The number of hydrogen-bond donors (Lipinski definition) is 0. The highest BCUT2D eigenvalue weighted by atomic mass is 28.3. The monoisotopic (exact) mass is 224 g/mol. The third-order valence-corrected chi connectivity index (χ3v) is 6.53. The highest BCUT2D eigenvalue weighted by molar-refractivity contribution is 6.78. The van der Waals surface area contributed by atoms with Crippen molar-refractivity contribution in [3.05, 3.63) is 12.3 Å². The topological polar surface area (TPSA) is 9.23 Å². The largest absolute Gasteiger partial charge is 0.495 e. The van der Waals surface area contributed by atoms with Crippen molar-refractivity contribution in [2.75, 3.05) is 0 Å². The summed E-state index contributed by atoms with van der Waals surface area (Å²) in [6.07, 6.45) is 7.56. The van der Waals surface area contributed by atoms with Gasteiger partial charge in [-0.2, -0.15) is 0 Å². The van der Waals surface area contributed by atoms with E-state index in [9.17, 15) is 0 Å². The second-order valence-electron chi connectivity index (χ2n) is 6.29. The summed E-state index contributed by atoms with van der Waals surface area (Å²) in [5.74, 6) is 1.92. The van der Waals surface area contributed by atoms with Gasteiger partial charge in [-0.05, 0) is 18.8 Å². The Balaban J connectivity index is 2.01. The first kappa shape index (κ1) is 11.2. The fourth-order valence-corrected chi connectivity index (χ4v) is 5.59. The Kier molecular flexibility index (Phi) is 2.97. The third-order valence-electron chi connectivity index (χ3n) is 4.01. The van der Waals surface area contributed by atoms with Crippen molar-refractivity contribution >= 4 is 8.07 Å². The van der Waals surface area contributed by atoms with Gasteiger partial charge in [0.2, 0.25) is 0 Å². The van der Waals surface area contributed by atoms with Crippen molar-refractivity contribution in [1.82, 2.24) is 0 Å². The molecule has 1 saturated heterocycles. The zero-order valence-electron chi connectivity index (χ0n) is 10.4. The Bertz CT molecular complexity index is 248. The second kappa shape index (κ2) is 3.97. The maximum Gasteiger partial charge on any atom is 0.108 e. The normalized spacial score (nSPS) is 33.4. The molecule has 0 aromatic heterocycles. The number of rotatable bonds is 2. The first-order valence-corrected chi connectivity index (χ1v) is 9.93. The van der Waals surface area contributed by atoms with E-state index in [1.165, 1.54) is 32.1 Å². The van der Waals surface area contributed by atoms with E-state index in [1.54, 1.807) is 0 Å². The molecule has 0 bridgehead atoms. The van der Waals surface area contributed by atoms with Crippen LogP contribution in [-0.2, 0) is 4.74 Å². The maximum atomic E-state index is 5.86. The highest BCUT2D eigenvalue weighted by Crippen LogP contribution is 2.50. The highest BCUT2D eigenvalue weighted by Gasteiger charge is 2.49. The lowest BCUT2D eigenvalue weighted by Gasteiger charge is -2.50. The van der Waals surface area contributed by atoms with Crippen LogP contribution in [0.25, 0.3) is 0 Å². The Morgan fingerprint density at radius 3 is 2.20 bits per heavy atom. The summed E-state index contributed by atoms with van der Waals surface area (Å²) in [5, 5.41) is 0. The van der Waals surface area contributed by atoms with Gasteiger partial charge < -0.3 is 4.74 Å². The quantitative estimate of drug-likeness (QED) is 0.639. The molecule has 1 heterocycles. The van der Waals surface area contributed by atoms with Crippen LogP contribution in [0.15, 0.2) is 12.3 Å². The Morgan fingerprint density at radius 1 is 1.13 bits per heavy atom. The van der Waals surface area contributed by atoms with Crippen molar-refractivity contribution in [2.24, 2.45) is 5.92 Å². The van der Waals surface area contributed by atoms with E-state index in [2.05, 4.69) is 26.2 Å². The minimum Gasteiger partial charge on any atom is -0.495 e. The van der Waals surface area contributed by atoms with Crippen LogP contribution in [0.2, 0.25) is 25.2 Å². The fourth-order valence-electron chi connectivity index (χ4n) is 3.23. The van der Waals surface area contributed by atoms with Crippen molar-refractivity contribution in [2.45, 2.75) is 63.4 Å². The van der Waals surface area contributed by atoms with Crippen LogP contribution >= 0.6 is 0 Å². The second-order valence-corrected chi connectivity index (χ2v) is 11.6. The van der Waals surface area contributed by atoms with Crippen molar-refractivity contribution < 1.29 is 4.74 Å². The maximum absolute atomic E-state index is 5.86. The first-order chi connectivity index (χ1) is 7.00. The fraction of sp³-hybridized carbons (Fsp3) is 0.846. The first-order valence-electron chi connectivity index (χ1n) is 6.35. The van der Waals surface area contributed by atoms with E-state index in [4.69, 9.17) is 4.74 Å². The molecule has 0 aromatic rings. The molecule has 2 aliphatic rings. The van der Waals surface area contributed by atoms with Crippen LogP contribution in [0.5, 0.6) is 0 Å². The molecule has 0 spiro atoms. The molecule has 2 rings (SSSR count). The number of hydrogen-bond acceptors (Lipinski definition) is 1. The van der Waals surface area contributed by atoms with E-state index in [-0.39, 0.29) is 0 Å². The van der Waals surface area contributed by atoms with E-state index < -0.39 is 8.07 Å². The third kappa shape index (κ3) is 2.15. The van der Waals surface area contributed by atoms with Gasteiger partial charge in [0.1, 0.15) is 6.10 Å². The molecule has 1 aliphatic heterocycles. The Labute approximate surface area is 94.9 Å². The van der Waals surface area contributed by atoms with E-state index in [0.29, 0.717) is 6.10 Å². The van der Waals surface area contributed by atoms with Gasteiger partial charge in [0, 0.05) is 5.54 Å². The summed E-state index contributed by atoms with van der Waals surface area (Å²) < 4.78 is 5.86. The van der Waals surface area contributed by atoms with Gasteiger partial charge >= 0.3 is 0 Å². The van der Waals surface area contributed by atoms with Gasteiger partial charge in [0.25, 0.3) is 0 Å². The molecule has 2 atom stereocenters. The van der Waals surface area contributed by atoms with Gasteiger partial charge in [-0.1, -0.05) is 45.5 Å². The van der Waals surface area contributed by atoms with Gasteiger partial charge in [-0.25, -0.2) is 0 Å². The van der Waals surface area contributed by atoms with Crippen LogP contribution in [0.3, 0.4) is 0 Å². The van der Waals surface area contributed by atoms with Gasteiger partial charge in [0.15, 0.2) is 0 Å². The van der Waals surface area contributed by atoms with Crippen LogP contribution in [0, 0.1) is 5.92 Å². The molecule has 0 unspecified atom stereocenters. The Hall–Kier alpha value is -0.243. The van der Waals surface area contributed by atoms with Crippen LogP contribution in [-0.4, -0.2) is 14.2 Å². The molecule has 0 aromatic carbocycles. The van der Waals surface area contributed by atoms with Gasteiger partial charge in [0.05, 0.1) is 13.8 Å². The van der Waals surface area contributed by atoms with Crippen molar-refractivity contribution in [1.29, 1.82) is 0 Å². The van der Waals surface area contributed by atoms with Crippen molar-refractivity contribution in [3.63, 3.8) is 0 Å². The predicted octanol–water partition coefficient (Wildman–Crippen LogP) is 4.19. The molecule has 0 amide bonds. The molecule has 1 aliphatic carbocycles. The zero-order chi connectivity index (χ0) is 11.1. The summed E-state index contributed by atoms with van der Waals surface area (Å²) in [6.45, 7) is 11.4. The zero-order valence-corrected chi connectivity index (χ0v) is 11.4. The molecule has 1 saturated carbocycles. The minimum atomic E-state index is -1.11. The minimum absolute atomic E-state index is 0.532. The molecular weight excluding hydrogens is 200 g/mol. The smallest absolute Gasteiger partial charge is 0.108 e. The molecule has 1 nitrogen and oxygen atoms in total. The SMILES string of the molecule is C=C1O[C@@H](C2CCCCC2)[C@@H]1[Si](C)(C)C. The molecule has 0 N–H and O–H groups in total. The lowest BCUT2D eigenvalue weighted by atomic mass is 9.82. The standard InChI is InChI=1S/C13H24OSi/c1-10-13(15(2,3)4)12(14-10)11-8-6-5-7-9-11/h11-13H,1,5-9H2,2-4H3/t12-,13+/m0/s1. The summed E-state index contributed by atoms with van der Waals surface area (Å²) in [5.41, 5.74) is 0.723. The molecule has 2 heteroatoms. The van der Waals surface area contributed by atoms with Gasteiger partial charge in [-0.15, -0.1) is 0 Å². The van der Waals surface area contributed by atoms with Crippen molar-refractivity contribution in [3.8, 4) is 0 Å². The predicted molar refractivity (Wildman–Crippen MR) is 67.7 cm³/mol. The lowest BCUT2D eigenvalue weighted by molar-refractivity contribution is -0.0339. The summed E-state index contributed by atoms with van der Waals surface area (Å²) >= 11 is 0. The van der Waals surface area contributed by atoms with Crippen LogP contribution in [0.4, 0.5) is 0 Å². The van der Waals surface area contributed by atoms with E-state index >= 15 is 0 Å². The average Bonchev–Trinajstić information content (AvgIpc) is 2.12. The average molecular weight is 224 g/mol.